The maximum Gasteiger partial charge on any atom is 0.108 e. The topological polar surface area (TPSA) is 3.24 Å². The molecule has 0 aliphatic heterocycles. The quantitative estimate of drug-likeness (QED) is 0.318. The first-order valence-electron chi connectivity index (χ1n) is 9.56. The van der Waals surface area contributed by atoms with Crippen molar-refractivity contribution in [3.8, 4) is 0 Å². The summed E-state index contributed by atoms with van der Waals surface area (Å²) in [6.07, 6.45) is 13.0. The molecule has 0 amide bonds. The van der Waals surface area contributed by atoms with Crippen molar-refractivity contribution in [1.29, 1.82) is 0 Å². The van der Waals surface area contributed by atoms with E-state index < -0.39 is 6.67 Å². The van der Waals surface area contributed by atoms with Crippen molar-refractivity contribution in [3.05, 3.63) is 108 Å². The Kier molecular flexibility index (Phi) is 12.3. The lowest BCUT2D eigenvalue weighted by Gasteiger charge is -2.27. The Bertz CT molecular complexity index is 734. The molecule has 152 valence electrons. The summed E-state index contributed by atoms with van der Waals surface area (Å²) in [6.45, 7) is 27.1. The minimum absolute atomic E-state index is 0.553. The molecule has 0 atom stereocenters. The fourth-order valence-corrected chi connectivity index (χ4v) is 2.62. The Morgan fingerprint density at radius 3 is 2.04 bits per heavy atom. The molecule has 0 aromatic rings. The molecule has 0 fully saturated rings. The van der Waals surface area contributed by atoms with Crippen LogP contribution in [0.3, 0.4) is 0 Å². The van der Waals surface area contributed by atoms with Crippen molar-refractivity contribution in [2.24, 2.45) is 0 Å². The van der Waals surface area contributed by atoms with Gasteiger partial charge in [-0.05, 0) is 63.0 Å². The summed E-state index contributed by atoms with van der Waals surface area (Å²) < 4.78 is 13.1. The average Bonchev–Trinajstić information content (AvgIpc) is 2.67. The average molecular weight is 382 g/mol. The number of hydrogen-bond donors (Lipinski definition) is 0. The van der Waals surface area contributed by atoms with Crippen LogP contribution in [0.4, 0.5) is 4.39 Å². The number of alkyl halides is 1. The van der Waals surface area contributed by atoms with Crippen LogP contribution in [0, 0.1) is 0 Å². The molecule has 0 aromatic carbocycles. The third-order valence-electron chi connectivity index (χ3n) is 4.39. The Morgan fingerprint density at radius 1 is 0.964 bits per heavy atom. The molecule has 0 bridgehead atoms. The molecule has 28 heavy (non-hydrogen) atoms. The van der Waals surface area contributed by atoms with E-state index in [4.69, 9.17) is 0 Å². The van der Waals surface area contributed by atoms with Gasteiger partial charge in [0.15, 0.2) is 0 Å². The zero-order chi connectivity index (χ0) is 21.7. The zero-order valence-corrected chi connectivity index (χ0v) is 18.3. The summed E-state index contributed by atoms with van der Waals surface area (Å²) in [6, 6.07) is 0. The first-order valence-corrected chi connectivity index (χ1v) is 9.56. The molecule has 0 radical (unpaired) electrons. The molecule has 0 unspecified atom stereocenters. The van der Waals surface area contributed by atoms with Gasteiger partial charge in [-0.2, -0.15) is 0 Å². The highest BCUT2D eigenvalue weighted by molar-refractivity contribution is 5.56. The lowest BCUT2D eigenvalue weighted by molar-refractivity contribution is 0.394. The third kappa shape index (κ3) is 8.39. The van der Waals surface area contributed by atoms with E-state index in [9.17, 15) is 4.39 Å². The molecule has 0 heterocycles. The minimum Gasteiger partial charge on any atom is -0.370 e. The van der Waals surface area contributed by atoms with Gasteiger partial charge < -0.3 is 4.90 Å². The molecule has 0 rings (SSSR count). The van der Waals surface area contributed by atoms with Crippen LogP contribution >= 0.6 is 0 Å². The number of nitrogens with zero attached hydrogens (tertiary/aromatic N) is 1. The molecule has 0 aliphatic carbocycles. The maximum absolute atomic E-state index is 13.1. The number of rotatable bonds is 12. The van der Waals surface area contributed by atoms with E-state index in [-0.39, 0.29) is 0 Å². The Labute approximate surface area is 172 Å². The van der Waals surface area contributed by atoms with Crippen molar-refractivity contribution < 1.29 is 4.39 Å². The largest absolute Gasteiger partial charge is 0.370 e. The third-order valence-corrected chi connectivity index (χ3v) is 4.39. The van der Waals surface area contributed by atoms with Crippen molar-refractivity contribution in [2.45, 2.75) is 34.6 Å². The van der Waals surface area contributed by atoms with Crippen molar-refractivity contribution >= 4 is 0 Å². The lowest BCUT2D eigenvalue weighted by atomic mass is 9.95. The summed E-state index contributed by atoms with van der Waals surface area (Å²) in [5.74, 6) is 0. The van der Waals surface area contributed by atoms with Crippen molar-refractivity contribution in [3.63, 3.8) is 0 Å². The van der Waals surface area contributed by atoms with Gasteiger partial charge in [0.05, 0.1) is 0 Å². The second-order valence-corrected chi connectivity index (χ2v) is 6.79. The van der Waals surface area contributed by atoms with Gasteiger partial charge in [-0.1, -0.05) is 73.9 Å². The molecule has 1 nitrogen and oxygen atoms in total. The first kappa shape index (κ1) is 25.4. The second-order valence-electron chi connectivity index (χ2n) is 6.79. The fourth-order valence-electron chi connectivity index (χ4n) is 2.62. The SMILES string of the molecule is C=C/C(C)=C\C(=C/CF)C(=C)/C(C=C)=C(/C)N(CC)C/C(C=C)=C/C=C(C)C. The van der Waals surface area contributed by atoms with Gasteiger partial charge in [0, 0.05) is 18.8 Å². The van der Waals surface area contributed by atoms with Crippen LogP contribution in [0.1, 0.15) is 34.6 Å². The van der Waals surface area contributed by atoms with Gasteiger partial charge in [0.25, 0.3) is 0 Å². The van der Waals surface area contributed by atoms with Gasteiger partial charge >= 0.3 is 0 Å². The normalized spacial score (nSPS) is 13.4. The van der Waals surface area contributed by atoms with E-state index in [0.29, 0.717) is 0 Å². The van der Waals surface area contributed by atoms with Crippen LogP contribution in [-0.2, 0) is 0 Å². The van der Waals surface area contributed by atoms with Crippen molar-refractivity contribution in [1.82, 2.24) is 4.90 Å². The summed E-state index contributed by atoms with van der Waals surface area (Å²) in [7, 11) is 0. The summed E-state index contributed by atoms with van der Waals surface area (Å²) in [4.78, 5) is 2.24. The highest BCUT2D eigenvalue weighted by Gasteiger charge is 2.13. The smallest absolute Gasteiger partial charge is 0.108 e. The van der Waals surface area contributed by atoms with Crippen LogP contribution in [0.5, 0.6) is 0 Å². The van der Waals surface area contributed by atoms with E-state index in [0.717, 1.165) is 46.7 Å². The van der Waals surface area contributed by atoms with Crippen LogP contribution in [0.15, 0.2) is 108 Å². The van der Waals surface area contributed by atoms with E-state index in [2.05, 4.69) is 64.1 Å². The van der Waals surface area contributed by atoms with Crippen molar-refractivity contribution in [2.75, 3.05) is 19.8 Å². The van der Waals surface area contributed by atoms with Gasteiger partial charge in [0.2, 0.25) is 0 Å². The van der Waals surface area contributed by atoms with Crippen LogP contribution < -0.4 is 0 Å². The molecule has 0 N–H and O–H groups in total. The fraction of sp³-hybridized carbons (Fsp3) is 0.308. The molecular formula is C26H36FN. The number of halogens is 1. The summed E-state index contributed by atoms with van der Waals surface area (Å²) in [5, 5.41) is 0. The van der Waals surface area contributed by atoms with Gasteiger partial charge in [-0.15, -0.1) is 0 Å². The molecular weight excluding hydrogens is 345 g/mol. The van der Waals surface area contributed by atoms with Gasteiger partial charge in [-0.25, -0.2) is 4.39 Å². The van der Waals surface area contributed by atoms with Gasteiger partial charge in [0.1, 0.15) is 6.67 Å². The molecule has 0 saturated heterocycles. The highest BCUT2D eigenvalue weighted by Crippen LogP contribution is 2.26. The van der Waals surface area contributed by atoms with Gasteiger partial charge in [-0.3, -0.25) is 0 Å². The Hall–Kier alpha value is -2.61. The molecule has 0 saturated carbocycles. The van der Waals surface area contributed by atoms with E-state index in [1.54, 1.807) is 12.2 Å². The lowest BCUT2D eigenvalue weighted by Crippen LogP contribution is -2.25. The highest BCUT2D eigenvalue weighted by atomic mass is 19.1. The second kappa shape index (κ2) is 13.5. The van der Waals surface area contributed by atoms with Crippen LogP contribution in [0.2, 0.25) is 0 Å². The number of likely N-dealkylation sites (N-methyl/N-ethyl adjacent to an activating group) is 1. The minimum atomic E-state index is -0.553. The van der Waals surface area contributed by atoms with Crippen LogP contribution in [0.25, 0.3) is 0 Å². The molecule has 0 aliphatic rings. The van der Waals surface area contributed by atoms with Crippen LogP contribution in [-0.4, -0.2) is 24.7 Å². The molecule has 0 spiro atoms. The standard InChI is InChI=1S/C26H36FN/c1-10-21(7)18-25(16-17-27)22(8)26(12-3)23(9)28(13-4)19-24(11-2)15-14-20(5)6/h10-12,14-16,18H,1-3,8,13,17,19H2,4-7,9H3/b21-18-,24-15+,25-16+,26-23-. The zero-order valence-electron chi connectivity index (χ0n) is 18.3. The molecule has 0 aromatic heterocycles. The monoisotopic (exact) mass is 381 g/mol. The summed E-state index contributed by atoms with van der Waals surface area (Å²) >= 11 is 0. The van der Waals surface area contributed by atoms with E-state index in [1.807, 2.05) is 26.0 Å². The number of hydrogen-bond acceptors (Lipinski definition) is 1. The predicted molar refractivity (Wildman–Crippen MR) is 125 cm³/mol. The Balaban J connectivity index is 6.06. The molecule has 2 heteroatoms. The van der Waals surface area contributed by atoms with E-state index in [1.165, 1.54) is 11.6 Å². The maximum atomic E-state index is 13.1. The summed E-state index contributed by atoms with van der Waals surface area (Å²) in [5.41, 5.74) is 6.75. The predicted octanol–water partition coefficient (Wildman–Crippen LogP) is 7.43. The first-order chi connectivity index (χ1) is 13.2. The van der Waals surface area contributed by atoms with E-state index >= 15 is 0 Å². The Morgan fingerprint density at radius 2 is 1.61 bits per heavy atom. The number of allylic oxidation sites excluding steroid dienone is 12.